The summed E-state index contributed by atoms with van der Waals surface area (Å²) in [5.41, 5.74) is -1.80. The first-order valence-electron chi connectivity index (χ1n) is 6.99. The highest BCUT2D eigenvalue weighted by Gasteiger charge is 2.35. The summed E-state index contributed by atoms with van der Waals surface area (Å²) >= 11 is 0. The molecule has 22 heavy (non-hydrogen) atoms. The molecule has 3 nitrogen and oxygen atoms in total. The van der Waals surface area contributed by atoms with Crippen LogP contribution in [0, 0.1) is 0 Å². The van der Waals surface area contributed by atoms with Crippen molar-refractivity contribution in [2.24, 2.45) is 0 Å². The predicted molar refractivity (Wildman–Crippen MR) is 79.0 cm³/mol. The van der Waals surface area contributed by atoms with Crippen LogP contribution in [0.2, 0.25) is 0 Å². The van der Waals surface area contributed by atoms with Crippen LogP contribution < -0.4 is 5.32 Å². The Balaban J connectivity index is 3.06. The molecule has 1 atom stereocenters. The minimum atomic E-state index is -4.63. The summed E-state index contributed by atoms with van der Waals surface area (Å²) in [6.45, 7) is 3.32. The highest BCUT2D eigenvalue weighted by molar-refractivity contribution is 5.96. The van der Waals surface area contributed by atoms with Gasteiger partial charge < -0.3 is 10.4 Å². The second-order valence-electron chi connectivity index (χ2n) is 5.30. The molecule has 0 aromatic heterocycles. The van der Waals surface area contributed by atoms with Crippen LogP contribution in [0.3, 0.4) is 0 Å². The van der Waals surface area contributed by atoms with Gasteiger partial charge in [-0.25, -0.2) is 0 Å². The molecule has 0 fully saturated rings. The molecule has 0 bridgehead atoms. The predicted octanol–water partition coefficient (Wildman–Crippen LogP) is 3.30. The highest BCUT2D eigenvalue weighted by Crippen LogP contribution is 2.33. The Labute approximate surface area is 127 Å². The topological polar surface area (TPSA) is 49.3 Å². The second kappa shape index (κ2) is 7.45. The largest absolute Gasteiger partial charge is 0.417 e. The standard InChI is InChI=1S/C16H20F3NO2/c1-3-15(2,9-10-21)20-14(22)11-13(16(17,18)19)12-7-5-4-6-8-12/h4-8,11,21H,3,9-10H2,1-2H3,(H,20,22)/b13-11-. The van der Waals surface area contributed by atoms with Gasteiger partial charge in [0.1, 0.15) is 0 Å². The number of alkyl halides is 3. The molecule has 6 heteroatoms. The first kappa shape index (κ1) is 18.2. The maximum Gasteiger partial charge on any atom is 0.417 e. The Kier molecular flexibility index (Phi) is 6.17. The van der Waals surface area contributed by atoms with Crippen LogP contribution in [0.5, 0.6) is 0 Å². The zero-order chi connectivity index (χ0) is 16.8. The Morgan fingerprint density at radius 2 is 1.86 bits per heavy atom. The molecule has 0 heterocycles. The number of amides is 1. The summed E-state index contributed by atoms with van der Waals surface area (Å²) in [4.78, 5) is 12.0. The molecule has 1 rings (SSSR count). The van der Waals surface area contributed by atoms with E-state index >= 15 is 0 Å². The first-order chi connectivity index (χ1) is 10.2. The third kappa shape index (κ3) is 5.18. The molecule has 122 valence electrons. The summed E-state index contributed by atoms with van der Waals surface area (Å²) in [5, 5.41) is 11.5. The van der Waals surface area contributed by atoms with E-state index in [9.17, 15) is 18.0 Å². The lowest BCUT2D eigenvalue weighted by Gasteiger charge is -2.28. The molecule has 1 unspecified atom stereocenters. The fourth-order valence-electron chi connectivity index (χ4n) is 1.99. The molecule has 0 aliphatic rings. The van der Waals surface area contributed by atoms with Crippen molar-refractivity contribution in [1.82, 2.24) is 5.32 Å². The van der Waals surface area contributed by atoms with E-state index in [1.165, 1.54) is 24.3 Å². The molecule has 0 saturated carbocycles. The lowest BCUT2D eigenvalue weighted by Crippen LogP contribution is -2.45. The fraction of sp³-hybridized carbons (Fsp3) is 0.438. The zero-order valence-electron chi connectivity index (χ0n) is 12.6. The number of carbonyl (C=O) groups excluding carboxylic acids is 1. The van der Waals surface area contributed by atoms with E-state index in [2.05, 4.69) is 5.32 Å². The molecule has 0 saturated heterocycles. The minimum Gasteiger partial charge on any atom is -0.396 e. The molecule has 1 aromatic rings. The monoisotopic (exact) mass is 315 g/mol. The number of hydrogen-bond donors (Lipinski definition) is 2. The Hall–Kier alpha value is -1.82. The van der Waals surface area contributed by atoms with Crippen molar-refractivity contribution in [2.75, 3.05) is 6.61 Å². The van der Waals surface area contributed by atoms with Crippen LogP contribution >= 0.6 is 0 Å². The molecule has 1 amide bonds. The summed E-state index contributed by atoms with van der Waals surface area (Å²) in [6, 6.07) is 7.18. The third-order valence-electron chi connectivity index (χ3n) is 3.53. The van der Waals surface area contributed by atoms with Gasteiger partial charge >= 0.3 is 6.18 Å². The van der Waals surface area contributed by atoms with Gasteiger partial charge in [0.25, 0.3) is 0 Å². The van der Waals surface area contributed by atoms with Gasteiger partial charge in [-0.2, -0.15) is 13.2 Å². The number of hydrogen-bond acceptors (Lipinski definition) is 2. The average molecular weight is 315 g/mol. The molecule has 2 N–H and O–H groups in total. The van der Waals surface area contributed by atoms with Crippen LogP contribution in [0.1, 0.15) is 32.3 Å². The lowest BCUT2D eigenvalue weighted by molar-refractivity contribution is -0.118. The number of aliphatic hydroxyl groups is 1. The van der Waals surface area contributed by atoms with E-state index in [1.807, 2.05) is 0 Å². The third-order valence-corrected chi connectivity index (χ3v) is 3.53. The van der Waals surface area contributed by atoms with Gasteiger partial charge in [0.05, 0.1) is 5.57 Å². The summed E-state index contributed by atoms with van der Waals surface area (Å²) in [6.07, 6.45) is -3.28. The van der Waals surface area contributed by atoms with E-state index < -0.39 is 23.2 Å². The van der Waals surface area contributed by atoms with Gasteiger partial charge in [0.15, 0.2) is 0 Å². The van der Waals surface area contributed by atoms with Crippen molar-refractivity contribution in [3.63, 3.8) is 0 Å². The number of aliphatic hydroxyl groups excluding tert-OH is 1. The van der Waals surface area contributed by atoms with Crippen molar-refractivity contribution in [2.45, 2.75) is 38.4 Å². The van der Waals surface area contributed by atoms with Gasteiger partial charge in [-0.05, 0) is 25.3 Å². The summed E-state index contributed by atoms with van der Waals surface area (Å²) in [7, 11) is 0. The quantitative estimate of drug-likeness (QED) is 0.791. The van der Waals surface area contributed by atoms with Gasteiger partial charge in [0.2, 0.25) is 5.91 Å². The maximum atomic E-state index is 13.1. The number of halogens is 3. The molecule has 0 spiro atoms. The van der Waals surface area contributed by atoms with Crippen LogP contribution in [0.25, 0.3) is 5.57 Å². The molecular weight excluding hydrogens is 295 g/mol. The van der Waals surface area contributed by atoms with Crippen molar-refractivity contribution in [3.8, 4) is 0 Å². The average Bonchev–Trinajstić information content (AvgIpc) is 2.44. The van der Waals surface area contributed by atoms with Crippen LogP contribution in [-0.2, 0) is 4.79 Å². The number of nitrogens with one attached hydrogen (secondary N) is 1. The molecule has 0 radical (unpaired) electrons. The van der Waals surface area contributed by atoms with Gasteiger partial charge in [-0.15, -0.1) is 0 Å². The van der Waals surface area contributed by atoms with E-state index in [0.29, 0.717) is 12.5 Å². The maximum absolute atomic E-state index is 13.1. The number of rotatable bonds is 6. The molecule has 0 aliphatic carbocycles. The van der Waals surface area contributed by atoms with E-state index in [-0.39, 0.29) is 18.6 Å². The number of benzene rings is 1. The fourth-order valence-corrected chi connectivity index (χ4v) is 1.99. The van der Waals surface area contributed by atoms with E-state index in [1.54, 1.807) is 19.9 Å². The first-order valence-corrected chi connectivity index (χ1v) is 6.99. The Morgan fingerprint density at radius 3 is 2.32 bits per heavy atom. The molecule has 1 aromatic carbocycles. The van der Waals surface area contributed by atoms with Crippen molar-refractivity contribution < 1.29 is 23.1 Å². The minimum absolute atomic E-state index is 0.0643. The van der Waals surface area contributed by atoms with E-state index in [4.69, 9.17) is 5.11 Å². The van der Waals surface area contributed by atoms with Gasteiger partial charge in [-0.3, -0.25) is 4.79 Å². The highest BCUT2D eigenvalue weighted by atomic mass is 19.4. The second-order valence-corrected chi connectivity index (χ2v) is 5.30. The van der Waals surface area contributed by atoms with Gasteiger partial charge in [-0.1, -0.05) is 37.3 Å². The normalized spacial score (nSPS) is 15.3. The molecular formula is C16H20F3NO2. The smallest absolute Gasteiger partial charge is 0.396 e. The SMILES string of the molecule is CCC(C)(CCO)NC(=O)/C=C(/c1ccccc1)C(F)(F)F. The summed E-state index contributed by atoms with van der Waals surface area (Å²) < 4.78 is 39.4. The lowest BCUT2D eigenvalue weighted by atomic mass is 9.94. The summed E-state index contributed by atoms with van der Waals surface area (Å²) in [5.74, 6) is -0.825. The Morgan fingerprint density at radius 1 is 1.27 bits per heavy atom. The van der Waals surface area contributed by atoms with E-state index in [0.717, 1.165) is 0 Å². The van der Waals surface area contributed by atoms with Gasteiger partial charge in [0, 0.05) is 18.2 Å². The van der Waals surface area contributed by atoms with Crippen LogP contribution in [0.4, 0.5) is 13.2 Å². The Bertz CT molecular complexity index is 526. The van der Waals surface area contributed by atoms with Crippen LogP contribution in [0.15, 0.2) is 36.4 Å². The van der Waals surface area contributed by atoms with Crippen molar-refractivity contribution in [1.29, 1.82) is 0 Å². The zero-order valence-corrected chi connectivity index (χ0v) is 12.6. The molecule has 0 aliphatic heterocycles. The van der Waals surface area contributed by atoms with Crippen LogP contribution in [-0.4, -0.2) is 29.3 Å². The van der Waals surface area contributed by atoms with Crippen molar-refractivity contribution in [3.05, 3.63) is 42.0 Å². The number of carbonyl (C=O) groups is 1. The van der Waals surface area contributed by atoms with Crippen molar-refractivity contribution >= 4 is 11.5 Å². The number of allylic oxidation sites excluding steroid dienone is 1.